The lowest BCUT2D eigenvalue weighted by Crippen LogP contribution is -1.95. The van der Waals surface area contributed by atoms with Crippen molar-refractivity contribution in [1.29, 1.82) is 0 Å². The molecular formula is C16H13Br2NS. The van der Waals surface area contributed by atoms with Gasteiger partial charge >= 0.3 is 0 Å². The lowest BCUT2D eigenvalue weighted by atomic mass is 10.1. The van der Waals surface area contributed by atoms with Crippen LogP contribution in [0.1, 0.15) is 21.0 Å². The Balaban J connectivity index is 1.84. The summed E-state index contributed by atoms with van der Waals surface area (Å²) in [6, 6.07) is 14.8. The van der Waals surface area contributed by atoms with E-state index in [2.05, 4.69) is 75.2 Å². The van der Waals surface area contributed by atoms with Gasteiger partial charge in [0.15, 0.2) is 0 Å². The zero-order valence-electron chi connectivity index (χ0n) is 10.9. The number of benzene rings is 2. The van der Waals surface area contributed by atoms with E-state index in [9.17, 15) is 0 Å². The van der Waals surface area contributed by atoms with Crippen LogP contribution in [-0.2, 0) is 6.42 Å². The molecule has 3 aromatic rings. The first-order valence-corrected chi connectivity index (χ1v) is 8.90. The van der Waals surface area contributed by atoms with Crippen LogP contribution in [0, 0.1) is 6.92 Å². The lowest BCUT2D eigenvalue weighted by Gasteiger charge is -2.10. The molecule has 0 aliphatic carbocycles. The number of hydrogen-bond acceptors (Lipinski definition) is 2. The van der Waals surface area contributed by atoms with Gasteiger partial charge in [0.05, 0.1) is 15.2 Å². The first-order chi connectivity index (χ1) is 9.63. The van der Waals surface area contributed by atoms with Crippen LogP contribution in [0.2, 0.25) is 0 Å². The highest BCUT2D eigenvalue weighted by molar-refractivity contribution is 9.10. The van der Waals surface area contributed by atoms with Crippen molar-refractivity contribution < 1.29 is 0 Å². The second kappa shape index (κ2) is 5.96. The van der Waals surface area contributed by atoms with Gasteiger partial charge in [0.2, 0.25) is 0 Å². The molecular weight excluding hydrogens is 398 g/mol. The molecule has 0 spiro atoms. The standard InChI is InChI=1S/C16H13Br2NS/c1-10-8-11(6-7-12(10)17)13(18)9-16-19-14-4-2-3-5-15(14)20-16/h2-8,13H,9H2,1H3. The maximum absolute atomic E-state index is 4.70. The molecule has 4 heteroatoms. The first kappa shape index (κ1) is 14.2. The van der Waals surface area contributed by atoms with Gasteiger partial charge in [-0.1, -0.05) is 56.1 Å². The number of aromatic nitrogens is 1. The summed E-state index contributed by atoms with van der Waals surface area (Å²) in [6.45, 7) is 2.12. The van der Waals surface area contributed by atoms with Crippen molar-refractivity contribution in [2.45, 2.75) is 18.2 Å². The fraction of sp³-hybridized carbons (Fsp3) is 0.188. The molecule has 0 aliphatic heterocycles. The fourth-order valence-electron chi connectivity index (χ4n) is 2.14. The van der Waals surface area contributed by atoms with E-state index in [1.54, 1.807) is 11.3 Å². The molecule has 0 saturated heterocycles. The zero-order chi connectivity index (χ0) is 14.1. The Morgan fingerprint density at radius 1 is 1.20 bits per heavy atom. The van der Waals surface area contributed by atoms with E-state index in [1.165, 1.54) is 20.8 Å². The van der Waals surface area contributed by atoms with Crippen molar-refractivity contribution in [3.63, 3.8) is 0 Å². The highest BCUT2D eigenvalue weighted by Gasteiger charge is 2.12. The van der Waals surface area contributed by atoms with Gasteiger partial charge in [-0.2, -0.15) is 0 Å². The molecule has 0 amide bonds. The predicted octanol–water partition coefficient (Wildman–Crippen LogP) is 6.05. The third kappa shape index (κ3) is 2.97. The lowest BCUT2D eigenvalue weighted by molar-refractivity contribution is 0.936. The number of aryl methyl sites for hydroxylation is 1. The number of thiazole rings is 1. The van der Waals surface area contributed by atoms with Crippen molar-refractivity contribution in [3.05, 3.63) is 63.1 Å². The van der Waals surface area contributed by atoms with Gasteiger partial charge in [0.1, 0.15) is 0 Å². The molecule has 1 aromatic heterocycles. The fourth-order valence-corrected chi connectivity index (χ4v) is 4.21. The molecule has 1 unspecified atom stereocenters. The number of nitrogens with zero attached hydrogens (tertiary/aromatic N) is 1. The summed E-state index contributed by atoms with van der Waals surface area (Å²) in [4.78, 5) is 5.00. The van der Waals surface area contributed by atoms with E-state index in [4.69, 9.17) is 4.98 Å². The minimum absolute atomic E-state index is 0.301. The second-order valence-corrected chi connectivity index (χ2v) is 7.83. The van der Waals surface area contributed by atoms with E-state index in [1.807, 2.05) is 6.07 Å². The van der Waals surface area contributed by atoms with E-state index in [-0.39, 0.29) is 0 Å². The average molecular weight is 411 g/mol. The van der Waals surface area contributed by atoms with Gasteiger partial charge in [-0.3, -0.25) is 0 Å². The normalized spacial score (nSPS) is 12.8. The molecule has 0 fully saturated rings. The van der Waals surface area contributed by atoms with E-state index < -0.39 is 0 Å². The molecule has 0 bridgehead atoms. The van der Waals surface area contributed by atoms with Crippen LogP contribution in [0.3, 0.4) is 0 Å². The molecule has 1 nitrogen and oxygen atoms in total. The molecule has 0 aliphatic rings. The Kier molecular flexibility index (Phi) is 4.24. The maximum Gasteiger partial charge on any atom is 0.0953 e. The number of hydrogen-bond donors (Lipinski definition) is 0. The zero-order valence-corrected chi connectivity index (χ0v) is 14.9. The Morgan fingerprint density at radius 3 is 2.75 bits per heavy atom. The molecule has 20 heavy (non-hydrogen) atoms. The van der Waals surface area contributed by atoms with Crippen molar-refractivity contribution >= 4 is 53.4 Å². The molecule has 0 radical (unpaired) electrons. The Morgan fingerprint density at radius 2 is 2.00 bits per heavy atom. The number of rotatable bonds is 3. The second-order valence-electron chi connectivity index (χ2n) is 4.76. The number of alkyl halides is 1. The molecule has 102 valence electrons. The SMILES string of the molecule is Cc1cc(C(Br)Cc2nc3ccccc3s2)ccc1Br. The minimum Gasteiger partial charge on any atom is -0.241 e. The summed E-state index contributed by atoms with van der Waals surface area (Å²) in [5.41, 5.74) is 3.65. The van der Waals surface area contributed by atoms with Gasteiger partial charge in [-0.05, 0) is 36.2 Å². The topological polar surface area (TPSA) is 12.9 Å². The molecule has 0 saturated carbocycles. The van der Waals surface area contributed by atoms with Crippen LogP contribution < -0.4 is 0 Å². The van der Waals surface area contributed by atoms with Crippen LogP contribution in [0.15, 0.2) is 46.9 Å². The molecule has 0 N–H and O–H groups in total. The van der Waals surface area contributed by atoms with Gasteiger partial charge in [0.25, 0.3) is 0 Å². The van der Waals surface area contributed by atoms with Crippen LogP contribution in [0.5, 0.6) is 0 Å². The largest absolute Gasteiger partial charge is 0.241 e. The van der Waals surface area contributed by atoms with Crippen molar-refractivity contribution in [2.75, 3.05) is 0 Å². The van der Waals surface area contributed by atoms with Gasteiger partial charge < -0.3 is 0 Å². The summed E-state index contributed by atoms with van der Waals surface area (Å²) in [5.74, 6) is 0. The summed E-state index contributed by atoms with van der Waals surface area (Å²) in [7, 11) is 0. The summed E-state index contributed by atoms with van der Waals surface area (Å²) in [6.07, 6.45) is 0.917. The Hall–Kier alpha value is -0.710. The highest BCUT2D eigenvalue weighted by Crippen LogP contribution is 2.32. The summed E-state index contributed by atoms with van der Waals surface area (Å²) in [5, 5.41) is 1.17. The molecule has 1 heterocycles. The number of para-hydroxylation sites is 1. The first-order valence-electron chi connectivity index (χ1n) is 6.38. The van der Waals surface area contributed by atoms with Crippen LogP contribution in [0.25, 0.3) is 10.2 Å². The van der Waals surface area contributed by atoms with Crippen molar-refractivity contribution in [1.82, 2.24) is 4.98 Å². The van der Waals surface area contributed by atoms with Crippen LogP contribution in [-0.4, -0.2) is 4.98 Å². The molecule has 2 aromatic carbocycles. The summed E-state index contributed by atoms with van der Waals surface area (Å²) < 4.78 is 2.41. The van der Waals surface area contributed by atoms with E-state index >= 15 is 0 Å². The average Bonchev–Trinajstić information content (AvgIpc) is 2.83. The predicted molar refractivity (Wildman–Crippen MR) is 93.9 cm³/mol. The van der Waals surface area contributed by atoms with Crippen LogP contribution >= 0.6 is 43.2 Å². The quantitative estimate of drug-likeness (QED) is 0.479. The third-order valence-electron chi connectivity index (χ3n) is 3.24. The van der Waals surface area contributed by atoms with Gasteiger partial charge in [0, 0.05) is 15.7 Å². The maximum atomic E-state index is 4.70. The highest BCUT2D eigenvalue weighted by atomic mass is 79.9. The minimum atomic E-state index is 0.301. The third-order valence-corrected chi connectivity index (χ3v) is 6.04. The monoisotopic (exact) mass is 409 g/mol. The van der Waals surface area contributed by atoms with Crippen molar-refractivity contribution in [2.24, 2.45) is 0 Å². The van der Waals surface area contributed by atoms with Crippen LogP contribution in [0.4, 0.5) is 0 Å². The molecule has 1 atom stereocenters. The van der Waals surface area contributed by atoms with Gasteiger partial charge in [-0.15, -0.1) is 11.3 Å². The smallest absolute Gasteiger partial charge is 0.0953 e. The number of halogens is 2. The van der Waals surface area contributed by atoms with E-state index in [0.717, 1.165) is 16.4 Å². The Labute approximate surface area is 139 Å². The van der Waals surface area contributed by atoms with Gasteiger partial charge in [-0.25, -0.2) is 4.98 Å². The Bertz CT molecular complexity index is 718. The number of fused-ring (bicyclic) bond motifs is 1. The van der Waals surface area contributed by atoms with Crippen molar-refractivity contribution in [3.8, 4) is 0 Å². The van der Waals surface area contributed by atoms with E-state index in [0.29, 0.717) is 4.83 Å². The molecule has 3 rings (SSSR count). The summed E-state index contributed by atoms with van der Waals surface area (Å²) >= 11 is 9.11.